The molecule has 0 unspecified atom stereocenters. The maximum absolute atomic E-state index is 5.62. The van der Waals surface area contributed by atoms with Gasteiger partial charge in [0.25, 0.3) is 0 Å². The SMILES string of the molecule is c1nc(NCC[C@H]2CCCO2)cc(N[C@@H]2CCCOC2)n1. The lowest BCUT2D eigenvalue weighted by Crippen LogP contribution is -2.30. The van der Waals surface area contributed by atoms with Crippen molar-refractivity contribution in [2.75, 3.05) is 37.0 Å². The Morgan fingerprint density at radius 1 is 1.14 bits per heavy atom. The summed E-state index contributed by atoms with van der Waals surface area (Å²) in [5, 5.41) is 6.76. The van der Waals surface area contributed by atoms with Gasteiger partial charge in [-0.15, -0.1) is 0 Å². The quantitative estimate of drug-likeness (QED) is 0.836. The van der Waals surface area contributed by atoms with Gasteiger partial charge in [0.15, 0.2) is 0 Å². The van der Waals surface area contributed by atoms with E-state index in [1.54, 1.807) is 6.33 Å². The Bertz CT molecular complexity index is 431. The van der Waals surface area contributed by atoms with Crippen LogP contribution in [0.5, 0.6) is 0 Å². The second-order valence-corrected chi connectivity index (χ2v) is 5.70. The zero-order chi connectivity index (χ0) is 14.3. The first-order chi connectivity index (χ1) is 10.4. The fourth-order valence-corrected chi connectivity index (χ4v) is 2.83. The number of rotatable bonds is 6. The summed E-state index contributed by atoms with van der Waals surface area (Å²) in [7, 11) is 0. The minimum Gasteiger partial charge on any atom is -0.379 e. The van der Waals surface area contributed by atoms with Gasteiger partial charge in [0.2, 0.25) is 0 Å². The van der Waals surface area contributed by atoms with Gasteiger partial charge >= 0.3 is 0 Å². The molecule has 2 fully saturated rings. The minimum atomic E-state index is 0.355. The van der Waals surface area contributed by atoms with Gasteiger partial charge < -0.3 is 20.1 Å². The normalized spacial score (nSPS) is 25.7. The van der Waals surface area contributed by atoms with Gasteiger partial charge in [-0.05, 0) is 32.1 Å². The molecule has 0 bridgehead atoms. The number of nitrogens with one attached hydrogen (secondary N) is 2. The Kier molecular flexibility index (Phi) is 5.23. The third kappa shape index (κ3) is 4.54. The lowest BCUT2D eigenvalue weighted by atomic mass is 10.1. The van der Waals surface area contributed by atoms with Crippen molar-refractivity contribution >= 4 is 11.6 Å². The third-order valence-corrected chi connectivity index (χ3v) is 3.98. The lowest BCUT2D eigenvalue weighted by molar-refractivity contribution is 0.0875. The van der Waals surface area contributed by atoms with Crippen LogP contribution >= 0.6 is 0 Å². The summed E-state index contributed by atoms with van der Waals surface area (Å²) >= 11 is 0. The highest BCUT2D eigenvalue weighted by Crippen LogP contribution is 2.17. The van der Waals surface area contributed by atoms with Crippen molar-refractivity contribution in [2.45, 2.75) is 44.2 Å². The molecule has 21 heavy (non-hydrogen) atoms. The molecule has 1 aromatic heterocycles. The second kappa shape index (κ2) is 7.56. The molecule has 0 aromatic carbocycles. The first kappa shape index (κ1) is 14.5. The van der Waals surface area contributed by atoms with Crippen molar-refractivity contribution in [3.05, 3.63) is 12.4 Å². The molecule has 0 spiro atoms. The molecule has 2 atom stereocenters. The lowest BCUT2D eigenvalue weighted by Gasteiger charge is -2.23. The van der Waals surface area contributed by atoms with E-state index in [2.05, 4.69) is 20.6 Å². The molecule has 2 N–H and O–H groups in total. The summed E-state index contributed by atoms with van der Waals surface area (Å²) in [5.41, 5.74) is 0. The highest BCUT2D eigenvalue weighted by Gasteiger charge is 2.15. The molecule has 2 aliphatic rings. The summed E-state index contributed by atoms with van der Waals surface area (Å²) in [4.78, 5) is 8.54. The number of aromatic nitrogens is 2. The van der Waals surface area contributed by atoms with Crippen LogP contribution in [0.25, 0.3) is 0 Å². The molecular formula is C15H24N4O2. The summed E-state index contributed by atoms with van der Waals surface area (Å²) in [6.45, 7) is 3.42. The predicted molar refractivity (Wildman–Crippen MR) is 81.6 cm³/mol. The van der Waals surface area contributed by atoms with E-state index in [0.717, 1.165) is 57.3 Å². The first-order valence-corrected chi connectivity index (χ1v) is 7.92. The average Bonchev–Trinajstić information content (AvgIpc) is 3.02. The molecule has 6 nitrogen and oxygen atoms in total. The van der Waals surface area contributed by atoms with Crippen LogP contribution in [0.2, 0.25) is 0 Å². The molecule has 2 saturated heterocycles. The highest BCUT2D eigenvalue weighted by atomic mass is 16.5. The van der Waals surface area contributed by atoms with Gasteiger partial charge in [-0.3, -0.25) is 0 Å². The van der Waals surface area contributed by atoms with Gasteiger partial charge in [-0.25, -0.2) is 9.97 Å². The van der Waals surface area contributed by atoms with Crippen LogP contribution in [-0.2, 0) is 9.47 Å². The number of hydrogen-bond acceptors (Lipinski definition) is 6. The Hall–Kier alpha value is -1.40. The first-order valence-electron chi connectivity index (χ1n) is 7.92. The van der Waals surface area contributed by atoms with Gasteiger partial charge in [-0.1, -0.05) is 0 Å². The van der Waals surface area contributed by atoms with E-state index >= 15 is 0 Å². The number of nitrogens with zero attached hydrogens (tertiary/aromatic N) is 2. The summed E-state index contributed by atoms with van der Waals surface area (Å²) < 4.78 is 11.1. The van der Waals surface area contributed by atoms with Crippen molar-refractivity contribution < 1.29 is 9.47 Å². The van der Waals surface area contributed by atoms with Crippen LogP contribution in [0, 0.1) is 0 Å². The van der Waals surface area contributed by atoms with Crippen molar-refractivity contribution in [2.24, 2.45) is 0 Å². The maximum Gasteiger partial charge on any atom is 0.131 e. The molecular weight excluding hydrogens is 268 g/mol. The van der Waals surface area contributed by atoms with Gasteiger partial charge in [-0.2, -0.15) is 0 Å². The minimum absolute atomic E-state index is 0.355. The van der Waals surface area contributed by atoms with E-state index in [1.807, 2.05) is 6.07 Å². The Labute approximate surface area is 125 Å². The van der Waals surface area contributed by atoms with E-state index < -0.39 is 0 Å². The monoisotopic (exact) mass is 292 g/mol. The number of ether oxygens (including phenoxy) is 2. The molecule has 6 heteroatoms. The fraction of sp³-hybridized carbons (Fsp3) is 0.733. The molecule has 0 radical (unpaired) electrons. The second-order valence-electron chi connectivity index (χ2n) is 5.70. The predicted octanol–water partition coefficient (Wildman–Crippen LogP) is 2.05. The topological polar surface area (TPSA) is 68.3 Å². The standard InChI is InChI=1S/C15H24N4O2/c1-3-12(10-20-7-1)19-15-9-14(17-11-18-15)16-6-5-13-4-2-8-21-13/h9,11-13H,1-8,10H2,(H2,16,17,18,19)/t12-,13-/m1/s1. The largest absolute Gasteiger partial charge is 0.379 e. The third-order valence-electron chi connectivity index (χ3n) is 3.98. The van der Waals surface area contributed by atoms with Crippen molar-refractivity contribution in [1.29, 1.82) is 0 Å². The number of hydrogen-bond donors (Lipinski definition) is 2. The van der Waals surface area contributed by atoms with Gasteiger partial charge in [0, 0.05) is 25.8 Å². The Morgan fingerprint density at radius 3 is 2.86 bits per heavy atom. The molecule has 1 aromatic rings. The Balaban J connectivity index is 1.45. The zero-order valence-electron chi connectivity index (χ0n) is 12.4. The van der Waals surface area contributed by atoms with Crippen LogP contribution in [0.3, 0.4) is 0 Å². The summed E-state index contributed by atoms with van der Waals surface area (Å²) in [6, 6.07) is 2.32. The molecule has 3 rings (SSSR count). The van der Waals surface area contributed by atoms with Crippen LogP contribution in [-0.4, -0.2) is 48.5 Å². The van der Waals surface area contributed by atoms with E-state index in [9.17, 15) is 0 Å². The van der Waals surface area contributed by atoms with Crippen LogP contribution in [0.4, 0.5) is 11.6 Å². The number of anilines is 2. The van der Waals surface area contributed by atoms with Crippen LogP contribution in [0.1, 0.15) is 32.1 Å². The summed E-state index contributed by atoms with van der Waals surface area (Å²) in [6.07, 6.45) is 7.65. The van der Waals surface area contributed by atoms with E-state index in [-0.39, 0.29) is 0 Å². The fourth-order valence-electron chi connectivity index (χ4n) is 2.83. The van der Waals surface area contributed by atoms with Crippen LogP contribution < -0.4 is 10.6 Å². The van der Waals surface area contributed by atoms with E-state index in [1.165, 1.54) is 12.8 Å². The van der Waals surface area contributed by atoms with Crippen molar-refractivity contribution in [3.63, 3.8) is 0 Å². The molecule has 0 aliphatic carbocycles. The molecule has 3 heterocycles. The molecule has 116 valence electrons. The van der Waals surface area contributed by atoms with Gasteiger partial charge in [0.05, 0.1) is 18.8 Å². The average molecular weight is 292 g/mol. The Morgan fingerprint density at radius 2 is 2.05 bits per heavy atom. The molecule has 0 saturated carbocycles. The van der Waals surface area contributed by atoms with Crippen molar-refractivity contribution in [1.82, 2.24) is 9.97 Å². The van der Waals surface area contributed by atoms with Gasteiger partial charge in [0.1, 0.15) is 18.0 Å². The van der Waals surface area contributed by atoms with E-state index in [4.69, 9.17) is 9.47 Å². The zero-order valence-corrected chi connectivity index (χ0v) is 12.4. The maximum atomic E-state index is 5.62. The highest BCUT2D eigenvalue weighted by molar-refractivity contribution is 5.46. The summed E-state index contributed by atoms with van der Waals surface area (Å²) in [5.74, 6) is 1.72. The smallest absolute Gasteiger partial charge is 0.131 e. The molecule has 2 aliphatic heterocycles. The van der Waals surface area contributed by atoms with E-state index in [0.29, 0.717) is 12.1 Å². The van der Waals surface area contributed by atoms with Crippen molar-refractivity contribution in [3.8, 4) is 0 Å². The van der Waals surface area contributed by atoms with Crippen LogP contribution in [0.15, 0.2) is 12.4 Å². The molecule has 0 amide bonds.